The zero-order chi connectivity index (χ0) is 12.5. The van der Waals surface area contributed by atoms with Gasteiger partial charge in [0.25, 0.3) is 0 Å². The van der Waals surface area contributed by atoms with Crippen LogP contribution in [-0.4, -0.2) is 19.8 Å². The summed E-state index contributed by atoms with van der Waals surface area (Å²) in [5.74, 6) is -1.40. The van der Waals surface area contributed by atoms with Crippen LogP contribution in [0.25, 0.3) is 0 Å². The van der Waals surface area contributed by atoms with Crippen LogP contribution in [0.3, 0.4) is 0 Å². The number of likely N-dealkylation sites (N-methyl/N-ethyl adjacent to an activating group) is 1. The SMILES string of the molecule is CNCC(c1ccc2c(c1)CCC2)C(F)(F)F. The van der Waals surface area contributed by atoms with Gasteiger partial charge in [-0.3, -0.25) is 0 Å². The minimum absolute atomic E-state index is 0.0672. The number of alkyl halides is 3. The molecule has 1 aromatic rings. The van der Waals surface area contributed by atoms with Crippen molar-refractivity contribution in [2.45, 2.75) is 31.4 Å². The van der Waals surface area contributed by atoms with Gasteiger partial charge in [-0.25, -0.2) is 0 Å². The lowest BCUT2D eigenvalue weighted by Gasteiger charge is -2.21. The Morgan fingerprint density at radius 1 is 1.24 bits per heavy atom. The number of halogens is 3. The molecule has 1 nitrogen and oxygen atoms in total. The minimum Gasteiger partial charge on any atom is -0.319 e. The molecule has 0 bridgehead atoms. The molecule has 17 heavy (non-hydrogen) atoms. The molecule has 0 spiro atoms. The van der Waals surface area contributed by atoms with E-state index < -0.39 is 12.1 Å². The molecule has 0 saturated heterocycles. The predicted molar refractivity (Wildman–Crippen MR) is 61.2 cm³/mol. The number of fused-ring (bicyclic) bond motifs is 1. The van der Waals surface area contributed by atoms with Crippen LogP contribution in [0.4, 0.5) is 13.2 Å². The van der Waals surface area contributed by atoms with Gasteiger partial charge in [-0.05, 0) is 43.0 Å². The van der Waals surface area contributed by atoms with Gasteiger partial charge >= 0.3 is 6.18 Å². The summed E-state index contributed by atoms with van der Waals surface area (Å²) in [5.41, 5.74) is 2.68. The topological polar surface area (TPSA) is 12.0 Å². The fraction of sp³-hybridized carbons (Fsp3) is 0.538. The van der Waals surface area contributed by atoms with Gasteiger partial charge in [0.2, 0.25) is 0 Å². The molecular weight excluding hydrogens is 227 g/mol. The van der Waals surface area contributed by atoms with Crippen molar-refractivity contribution in [2.24, 2.45) is 0 Å². The average molecular weight is 243 g/mol. The molecule has 1 N–H and O–H groups in total. The standard InChI is InChI=1S/C13H16F3N/c1-17-8-12(13(14,15)16)11-6-5-9-3-2-4-10(9)7-11/h5-7,12,17H,2-4,8H2,1H3. The van der Waals surface area contributed by atoms with E-state index in [2.05, 4.69) is 5.32 Å². The third-order valence-corrected chi connectivity index (χ3v) is 3.33. The number of hydrogen-bond acceptors (Lipinski definition) is 1. The van der Waals surface area contributed by atoms with Crippen molar-refractivity contribution in [1.82, 2.24) is 5.32 Å². The van der Waals surface area contributed by atoms with E-state index >= 15 is 0 Å². The van der Waals surface area contributed by atoms with Crippen LogP contribution in [0, 0.1) is 0 Å². The fourth-order valence-electron chi connectivity index (χ4n) is 2.44. The molecule has 1 aliphatic rings. The predicted octanol–water partition coefficient (Wildman–Crippen LogP) is 3.04. The van der Waals surface area contributed by atoms with Gasteiger partial charge in [0.1, 0.15) is 0 Å². The maximum atomic E-state index is 12.9. The highest BCUT2D eigenvalue weighted by Gasteiger charge is 2.40. The number of hydrogen-bond donors (Lipinski definition) is 1. The summed E-state index contributed by atoms with van der Waals surface area (Å²) < 4.78 is 38.7. The van der Waals surface area contributed by atoms with Gasteiger partial charge in [0.15, 0.2) is 0 Å². The lowest BCUT2D eigenvalue weighted by atomic mass is 9.95. The number of nitrogens with one attached hydrogen (secondary N) is 1. The Morgan fingerprint density at radius 2 is 1.94 bits per heavy atom. The van der Waals surface area contributed by atoms with Crippen molar-refractivity contribution in [3.8, 4) is 0 Å². The summed E-state index contributed by atoms with van der Waals surface area (Å²) in [6.45, 7) is -0.0672. The number of benzene rings is 1. The second-order valence-corrected chi connectivity index (χ2v) is 4.53. The molecule has 1 atom stereocenters. The molecule has 1 aromatic carbocycles. The summed E-state index contributed by atoms with van der Waals surface area (Å²) >= 11 is 0. The molecule has 1 aliphatic carbocycles. The lowest BCUT2D eigenvalue weighted by Crippen LogP contribution is -2.30. The summed E-state index contributed by atoms with van der Waals surface area (Å²) in [6.07, 6.45) is -1.22. The Kier molecular flexibility index (Phi) is 3.43. The monoisotopic (exact) mass is 243 g/mol. The highest BCUT2D eigenvalue weighted by molar-refractivity contribution is 5.37. The molecule has 0 amide bonds. The first kappa shape index (κ1) is 12.4. The van der Waals surface area contributed by atoms with Gasteiger partial charge in [-0.1, -0.05) is 18.2 Å². The third kappa shape index (κ3) is 2.63. The van der Waals surface area contributed by atoms with Crippen LogP contribution in [-0.2, 0) is 12.8 Å². The van der Waals surface area contributed by atoms with E-state index in [4.69, 9.17) is 0 Å². The summed E-state index contributed by atoms with van der Waals surface area (Å²) in [5, 5.41) is 2.62. The normalized spacial score (nSPS) is 16.9. The Morgan fingerprint density at radius 3 is 2.59 bits per heavy atom. The smallest absolute Gasteiger partial charge is 0.319 e. The highest BCUT2D eigenvalue weighted by Crippen LogP contribution is 2.36. The Bertz CT molecular complexity index is 398. The third-order valence-electron chi connectivity index (χ3n) is 3.33. The number of rotatable bonds is 3. The maximum absolute atomic E-state index is 12.9. The molecule has 0 radical (unpaired) electrons. The van der Waals surface area contributed by atoms with E-state index in [0.717, 1.165) is 24.8 Å². The minimum atomic E-state index is -4.18. The zero-order valence-corrected chi connectivity index (χ0v) is 9.77. The van der Waals surface area contributed by atoms with Crippen molar-refractivity contribution in [2.75, 3.05) is 13.6 Å². The van der Waals surface area contributed by atoms with E-state index in [1.54, 1.807) is 19.2 Å². The molecular formula is C13H16F3N. The molecule has 0 heterocycles. The second kappa shape index (κ2) is 4.69. The number of aryl methyl sites for hydroxylation is 2. The van der Waals surface area contributed by atoms with Crippen molar-refractivity contribution >= 4 is 0 Å². The van der Waals surface area contributed by atoms with E-state index in [1.807, 2.05) is 6.07 Å². The fourth-order valence-corrected chi connectivity index (χ4v) is 2.44. The lowest BCUT2D eigenvalue weighted by molar-refractivity contribution is -0.149. The van der Waals surface area contributed by atoms with E-state index in [1.165, 1.54) is 5.56 Å². The second-order valence-electron chi connectivity index (χ2n) is 4.53. The van der Waals surface area contributed by atoms with Gasteiger partial charge < -0.3 is 5.32 Å². The van der Waals surface area contributed by atoms with Crippen molar-refractivity contribution in [1.29, 1.82) is 0 Å². The quantitative estimate of drug-likeness (QED) is 0.860. The van der Waals surface area contributed by atoms with Crippen LogP contribution < -0.4 is 5.32 Å². The van der Waals surface area contributed by atoms with Crippen LogP contribution in [0.15, 0.2) is 18.2 Å². The molecule has 4 heteroatoms. The van der Waals surface area contributed by atoms with Gasteiger partial charge in [-0.15, -0.1) is 0 Å². The van der Waals surface area contributed by atoms with Crippen molar-refractivity contribution < 1.29 is 13.2 Å². The summed E-state index contributed by atoms with van der Waals surface area (Å²) in [4.78, 5) is 0. The molecule has 0 aromatic heterocycles. The van der Waals surface area contributed by atoms with E-state index in [0.29, 0.717) is 5.56 Å². The Hall–Kier alpha value is -1.03. The van der Waals surface area contributed by atoms with Crippen molar-refractivity contribution in [3.05, 3.63) is 34.9 Å². The van der Waals surface area contributed by atoms with E-state index in [-0.39, 0.29) is 6.54 Å². The molecule has 94 valence electrons. The van der Waals surface area contributed by atoms with Crippen LogP contribution >= 0.6 is 0 Å². The zero-order valence-electron chi connectivity index (χ0n) is 9.77. The van der Waals surface area contributed by atoms with E-state index in [9.17, 15) is 13.2 Å². The van der Waals surface area contributed by atoms with Crippen molar-refractivity contribution in [3.63, 3.8) is 0 Å². The summed E-state index contributed by atoms with van der Waals surface area (Å²) in [7, 11) is 1.55. The van der Waals surface area contributed by atoms with Crippen LogP contribution in [0.2, 0.25) is 0 Å². The Balaban J connectivity index is 2.30. The molecule has 2 rings (SSSR count). The Labute approximate surface area is 99.0 Å². The largest absolute Gasteiger partial charge is 0.396 e. The van der Waals surface area contributed by atoms with Crippen LogP contribution in [0.5, 0.6) is 0 Å². The molecule has 1 unspecified atom stereocenters. The molecule has 0 fully saturated rings. The van der Waals surface area contributed by atoms with Gasteiger partial charge in [0, 0.05) is 6.54 Å². The first-order chi connectivity index (χ1) is 8.02. The molecule has 0 saturated carbocycles. The first-order valence-corrected chi connectivity index (χ1v) is 5.85. The average Bonchev–Trinajstić information content (AvgIpc) is 2.71. The summed E-state index contributed by atoms with van der Waals surface area (Å²) in [6, 6.07) is 5.21. The van der Waals surface area contributed by atoms with Gasteiger partial charge in [0.05, 0.1) is 5.92 Å². The van der Waals surface area contributed by atoms with Gasteiger partial charge in [-0.2, -0.15) is 13.2 Å². The molecule has 0 aliphatic heterocycles. The maximum Gasteiger partial charge on any atom is 0.396 e. The first-order valence-electron chi connectivity index (χ1n) is 5.85. The van der Waals surface area contributed by atoms with Crippen LogP contribution in [0.1, 0.15) is 29.0 Å². The highest BCUT2D eigenvalue weighted by atomic mass is 19.4.